The molecular weight excluding hydrogens is 260 g/mol. The Morgan fingerprint density at radius 3 is 2.42 bits per heavy atom. The van der Waals surface area contributed by atoms with Crippen molar-refractivity contribution in [3.63, 3.8) is 0 Å². The molecule has 19 heavy (non-hydrogen) atoms. The Morgan fingerprint density at radius 2 is 2.00 bits per heavy atom. The van der Waals surface area contributed by atoms with E-state index in [1.54, 1.807) is 6.92 Å². The third-order valence-electron chi connectivity index (χ3n) is 2.97. The smallest absolute Gasteiger partial charge is 0.315 e. The first-order chi connectivity index (χ1) is 9.04. The van der Waals surface area contributed by atoms with Gasteiger partial charge >= 0.3 is 6.03 Å². The molecule has 3 atom stereocenters. The SMILES string of the molecule is CC.CC1SCC2NC(=O)NC21.CCCCC(C)=O. The van der Waals surface area contributed by atoms with Crippen LogP contribution < -0.4 is 10.6 Å². The summed E-state index contributed by atoms with van der Waals surface area (Å²) in [5.41, 5.74) is 0. The van der Waals surface area contributed by atoms with Crippen molar-refractivity contribution in [3.8, 4) is 0 Å². The van der Waals surface area contributed by atoms with E-state index in [-0.39, 0.29) is 6.03 Å². The van der Waals surface area contributed by atoms with Crippen molar-refractivity contribution in [1.82, 2.24) is 10.6 Å². The molecular formula is C14H28N2O2S. The van der Waals surface area contributed by atoms with Crippen LogP contribution in [0.25, 0.3) is 0 Å². The van der Waals surface area contributed by atoms with Gasteiger partial charge in [0.15, 0.2) is 0 Å². The second-order valence-corrected chi connectivity index (χ2v) is 6.00. The van der Waals surface area contributed by atoms with Crippen LogP contribution in [0.15, 0.2) is 0 Å². The van der Waals surface area contributed by atoms with Gasteiger partial charge in [-0.05, 0) is 13.3 Å². The number of hydrogen-bond acceptors (Lipinski definition) is 3. The summed E-state index contributed by atoms with van der Waals surface area (Å²) in [6.45, 7) is 9.88. The third kappa shape index (κ3) is 6.85. The molecule has 0 aromatic rings. The van der Waals surface area contributed by atoms with Gasteiger partial charge in [0.2, 0.25) is 0 Å². The number of thioether (sulfide) groups is 1. The van der Waals surface area contributed by atoms with Gasteiger partial charge in [-0.25, -0.2) is 4.79 Å². The highest BCUT2D eigenvalue weighted by Crippen LogP contribution is 2.28. The Labute approximate surface area is 121 Å². The zero-order chi connectivity index (χ0) is 14.8. The molecule has 112 valence electrons. The zero-order valence-electron chi connectivity index (χ0n) is 12.8. The predicted octanol–water partition coefficient (Wildman–Crippen LogP) is 2.96. The fourth-order valence-corrected chi connectivity index (χ4v) is 3.19. The largest absolute Gasteiger partial charge is 0.332 e. The number of carbonyl (C=O) groups excluding carboxylic acids is 2. The molecule has 4 nitrogen and oxygen atoms in total. The van der Waals surface area contributed by atoms with Crippen molar-refractivity contribution in [3.05, 3.63) is 0 Å². The van der Waals surface area contributed by atoms with E-state index in [4.69, 9.17) is 0 Å². The normalized spacial score (nSPS) is 27.0. The van der Waals surface area contributed by atoms with Crippen LogP contribution in [0.5, 0.6) is 0 Å². The summed E-state index contributed by atoms with van der Waals surface area (Å²) in [6, 6.07) is 0.757. The van der Waals surface area contributed by atoms with Gasteiger partial charge in [-0.3, -0.25) is 0 Å². The Morgan fingerprint density at radius 1 is 1.37 bits per heavy atom. The van der Waals surface area contributed by atoms with Gasteiger partial charge in [-0.15, -0.1) is 0 Å². The fraction of sp³-hybridized carbons (Fsp3) is 0.857. The highest BCUT2D eigenvalue weighted by molar-refractivity contribution is 8.00. The van der Waals surface area contributed by atoms with E-state index in [1.807, 2.05) is 25.6 Å². The molecule has 5 heteroatoms. The van der Waals surface area contributed by atoms with Gasteiger partial charge in [0, 0.05) is 17.4 Å². The van der Waals surface area contributed by atoms with Crippen LogP contribution in [0.2, 0.25) is 0 Å². The number of rotatable bonds is 3. The van der Waals surface area contributed by atoms with Gasteiger partial charge in [-0.2, -0.15) is 11.8 Å². The van der Waals surface area contributed by atoms with Crippen LogP contribution in [0.3, 0.4) is 0 Å². The van der Waals surface area contributed by atoms with Gasteiger partial charge < -0.3 is 15.4 Å². The number of urea groups is 1. The van der Waals surface area contributed by atoms with Crippen molar-refractivity contribution >= 4 is 23.6 Å². The van der Waals surface area contributed by atoms with Crippen LogP contribution in [0, 0.1) is 0 Å². The van der Waals surface area contributed by atoms with Crippen molar-refractivity contribution in [1.29, 1.82) is 0 Å². The summed E-state index contributed by atoms with van der Waals surface area (Å²) in [4.78, 5) is 21.0. The monoisotopic (exact) mass is 288 g/mol. The van der Waals surface area contributed by atoms with Gasteiger partial charge in [0.25, 0.3) is 0 Å². The molecule has 2 heterocycles. The number of unbranched alkanes of at least 4 members (excludes halogenated alkanes) is 1. The lowest BCUT2D eigenvalue weighted by atomic mass is 10.1. The minimum Gasteiger partial charge on any atom is -0.332 e. The molecule has 2 aliphatic heterocycles. The maximum atomic E-state index is 10.8. The average Bonchev–Trinajstić information content (AvgIpc) is 2.91. The Hall–Kier alpha value is -0.710. The molecule has 2 rings (SSSR count). The number of fused-ring (bicyclic) bond motifs is 1. The van der Waals surface area contributed by atoms with Crippen LogP contribution in [-0.2, 0) is 4.79 Å². The highest BCUT2D eigenvalue weighted by atomic mass is 32.2. The van der Waals surface area contributed by atoms with Gasteiger partial charge in [0.05, 0.1) is 12.1 Å². The maximum absolute atomic E-state index is 10.8. The van der Waals surface area contributed by atoms with Crippen molar-refractivity contribution in [2.75, 3.05) is 5.75 Å². The number of Topliss-reactive ketones (excluding diaryl/α,β-unsaturated/α-hetero) is 1. The number of hydrogen-bond donors (Lipinski definition) is 2. The number of amides is 2. The lowest BCUT2D eigenvalue weighted by Gasteiger charge is -2.09. The molecule has 2 saturated heterocycles. The molecule has 2 fully saturated rings. The summed E-state index contributed by atoms with van der Waals surface area (Å²) < 4.78 is 0. The topological polar surface area (TPSA) is 58.2 Å². The third-order valence-corrected chi connectivity index (χ3v) is 4.35. The quantitative estimate of drug-likeness (QED) is 0.785. The highest BCUT2D eigenvalue weighted by Gasteiger charge is 2.40. The van der Waals surface area contributed by atoms with E-state index in [0.29, 0.717) is 23.1 Å². The van der Waals surface area contributed by atoms with Gasteiger partial charge in [-0.1, -0.05) is 34.1 Å². The first kappa shape index (κ1) is 18.3. The maximum Gasteiger partial charge on any atom is 0.315 e. The molecule has 2 aliphatic rings. The second-order valence-electron chi connectivity index (χ2n) is 4.59. The molecule has 0 aliphatic carbocycles. The molecule has 0 aromatic carbocycles. The zero-order valence-corrected chi connectivity index (χ0v) is 13.6. The second kappa shape index (κ2) is 10.1. The first-order valence-electron chi connectivity index (χ1n) is 7.22. The van der Waals surface area contributed by atoms with E-state index in [1.165, 1.54) is 0 Å². The van der Waals surface area contributed by atoms with Crippen LogP contribution in [0.4, 0.5) is 4.79 Å². The first-order valence-corrected chi connectivity index (χ1v) is 8.27. The molecule has 2 N–H and O–H groups in total. The minimum absolute atomic E-state index is 0.00199. The van der Waals surface area contributed by atoms with Crippen LogP contribution in [-0.4, -0.2) is 34.9 Å². The van der Waals surface area contributed by atoms with Crippen LogP contribution >= 0.6 is 11.8 Å². The summed E-state index contributed by atoms with van der Waals surface area (Å²) in [5, 5.41) is 6.34. The summed E-state index contributed by atoms with van der Waals surface area (Å²) in [7, 11) is 0. The number of nitrogens with one attached hydrogen (secondary N) is 2. The van der Waals surface area contributed by atoms with E-state index < -0.39 is 0 Å². The molecule has 2 amide bonds. The summed E-state index contributed by atoms with van der Waals surface area (Å²) >= 11 is 1.91. The Bertz CT molecular complexity index is 285. The molecule has 0 saturated carbocycles. The number of ketones is 1. The molecule has 0 bridgehead atoms. The lowest BCUT2D eigenvalue weighted by molar-refractivity contribution is -0.117. The minimum atomic E-state index is 0.00199. The lowest BCUT2D eigenvalue weighted by Crippen LogP contribution is -2.35. The molecule has 3 unspecified atom stereocenters. The fourth-order valence-electron chi connectivity index (χ4n) is 1.93. The average molecular weight is 288 g/mol. The summed E-state index contributed by atoms with van der Waals surface area (Å²) in [6.07, 6.45) is 2.94. The Kier molecular flexibility index (Phi) is 9.74. The van der Waals surface area contributed by atoms with Crippen molar-refractivity contribution in [2.45, 2.75) is 71.2 Å². The van der Waals surface area contributed by atoms with Gasteiger partial charge in [0.1, 0.15) is 5.78 Å². The molecule has 0 aromatic heterocycles. The van der Waals surface area contributed by atoms with E-state index >= 15 is 0 Å². The van der Waals surface area contributed by atoms with Crippen molar-refractivity contribution in [2.24, 2.45) is 0 Å². The standard InChI is InChI=1S/C6H10N2OS.C6H12O.C2H6/c1-3-5-4(2-10-3)7-6(9)8-5;1-3-4-5-6(2)7;1-2/h3-5H,2H2,1H3,(H2,7,8,9);3-5H2,1-2H3;1-2H3. The predicted molar refractivity (Wildman–Crippen MR) is 82.7 cm³/mol. The van der Waals surface area contributed by atoms with E-state index in [0.717, 1.165) is 25.0 Å². The number of carbonyl (C=O) groups is 2. The molecule has 0 radical (unpaired) electrons. The van der Waals surface area contributed by atoms with E-state index in [9.17, 15) is 9.59 Å². The van der Waals surface area contributed by atoms with E-state index in [2.05, 4.69) is 24.5 Å². The molecule has 0 spiro atoms. The van der Waals surface area contributed by atoms with Crippen molar-refractivity contribution < 1.29 is 9.59 Å². The summed E-state index contributed by atoms with van der Waals surface area (Å²) in [5.74, 6) is 1.37. The van der Waals surface area contributed by atoms with Crippen LogP contribution in [0.1, 0.15) is 53.9 Å². The Balaban J connectivity index is 0.000000321.